The topological polar surface area (TPSA) is 44.9 Å². The van der Waals surface area contributed by atoms with Crippen LogP contribution in [-0.2, 0) is 10.8 Å². The Balaban J connectivity index is 1.37. The second-order valence-electron chi connectivity index (χ2n) is 15.6. The highest BCUT2D eigenvalue weighted by molar-refractivity contribution is 6.09. The predicted octanol–water partition coefficient (Wildman–Crippen LogP) is 11.7. The lowest BCUT2D eigenvalue weighted by molar-refractivity contribution is 0.482. The lowest BCUT2D eigenvalue weighted by Crippen LogP contribution is -2.19. The van der Waals surface area contributed by atoms with E-state index in [1.54, 1.807) is 0 Å². The quantitative estimate of drug-likeness (QED) is 0.187. The first-order valence-corrected chi connectivity index (χ1v) is 17.2. The summed E-state index contributed by atoms with van der Waals surface area (Å²) in [6.45, 7) is 22.4. The van der Waals surface area contributed by atoms with Gasteiger partial charge < -0.3 is 4.74 Å². The van der Waals surface area contributed by atoms with E-state index in [2.05, 4.69) is 157 Å². The summed E-state index contributed by atoms with van der Waals surface area (Å²) in [5, 5.41) is 7.77. The van der Waals surface area contributed by atoms with Gasteiger partial charge in [0.25, 0.3) is 0 Å². The van der Waals surface area contributed by atoms with Gasteiger partial charge in [0.05, 0.1) is 28.1 Å². The summed E-state index contributed by atoms with van der Waals surface area (Å²) in [5.41, 5.74) is 12.6. The molecule has 49 heavy (non-hydrogen) atoms. The number of aryl methyl sites for hydroxylation is 4. The molecule has 4 aromatic carbocycles. The van der Waals surface area contributed by atoms with Crippen molar-refractivity contribution in [3.8, 4) is 34.1 Å². The number of nitrogens with zero attached hydrogens (tertiary/aromatic N) is 4. The molecule has 0 N–H and O–H groups in total. The normalized spacial score (nSPS) is 12.3. The van der Waals surface area contributed by atoms with E-state index in [0.29, 0.717) is 0 Å². The Morgan fingerprint density at radius 3 is 1.98 bits per heavy atom. The molecular formula is C44H46N4O. The first kappa shape index (κ1) is 32.4. The van der Waals surface area contributed by atoms with Crippen LogP contribution in [-0.4, -0.2) is 19.3 Å². The third-order valence-electron chi connectivity index (χ3n) is 9.31. The minimum Gasteiger partial charge on any atom is -0.457 e. The van der Waals surface area contributed by atoms with Crippen molar-refractivity contribution in [1.82, 2.24) is 19.3 Å². The minimum absolute atomic E-state index is 0.168. The maximum atomic E-state index is 6.65. The molecular weight excluding hydrogens is 601 g/mol. The SMILES string of the molecule is Cc1ccnc(-n2c3ccccc3c3ccc(Oc4cccc(-n5nc(C(C)(C)C)c(-c6c(C)cc(C)cc6C)c5C(C)(C)C)c4)cc32)c1. The largest absolute Gasteiger partial charge is 0.457 e. The highest BCUT2D eigenvalue weighted by Crippen LogP contribution is 2.44. The van der Waals surface area contributed by atoms with Crippen molar-refractivity contribution in [1.29, 1.82) is 0 Å². The average Bonchev–Trinajstić information content (AvgIpc) is 3.58. The van der Waals surface area contributed by atoms with Gasteiger partial charge in [-0.15, -0.1) is 0 Å². The summed E-state index contributed by atoms with van der Waals surface area (Å²) in [6.07, 6.45) is 1.87. The van der Waals surface area contributed by atoms with Crippen LogP contribution in [0.2, 0.25) is 0 Å². The van der Waals surface area contributed by atoms with Gasteiger partial charge in [0, 0.05) is 45.5 Å². The van der Waals surface area contributed by atoms with Crippen LogP contribution in [0.3, 0.4) is 0 Å². The van der Waals surface area contributed by atoms with Crippen molar-refractivity contribution in [3.63, 3.8) is 0 Å². The molecule has 0 unspecified atom stereocenters. The molecule has 7 aromatic rings. The molecule has 0 bridgehead atoms. The minimum atomic E-state index is -0.186. The fourth-order valence-corrected chi connectivity index (χ4v) is 7.35. The van der Waals surface area contributed by atoms with E-state index in [1.807, 2.05) is 18.3 Å². The number of hydrogen-bond acceptors (Lipinski definition) is 3. The van der Waals surface area contributed by atoms with E-state index >= 15 is 0 Å². The predicted molar refractivity (Wildman–Crippen MR) is 204 cm³/mol. The summed E-state index contributed by atoms with van der Waals surface area (Å²) < 4.78 is 11.0. The molecule has 5 heteroatoms. The maximum absolute atomic E-state index is 6.65. The number of rotatable bonds is 5. The second-order valence-corrected chi connectivity index (χ2v) is 15.6. The fraction of sp³-hybridized carbons (Fsp3) is 0.273. The molecule has 3 aromatic heterocycles. The van der Waals surface area contributed by atoms with Crippen molar-refractivity contribution >= 4 is 21.8 Å². The van der Waals surface area contributed by atoms with Gasteiger partial charge in [-0.25, -0.2) is 9.67 Å². The number of para-hydroxylation sites is 1. The molecule has 0 saturated heterocycles. The summed E-state index contributed by atoms with van der Waals surface area (Å²) in [4.78, 5) is 4.74. The van der Waals surface area contributed by atoms with Gasteiger partial charge in [-0.3, -0.25) is 4.57 Å². The molecule has 0 amide bonds. The molecule has 0 spiro atoms. The Kier molecular flexibility index (Phi) is 7.78. The highest BCUT2D eigenvalue weighted by Gasteiger charge is 2.34. The van der Waals surface area contributed by atoms with E-state index in [4.69, 9.17) is 14.8 Å². The standard InChI is InChI=1S/C44H46N4O/c1-27-20-21-45-38(24-27)47-36-17-12-11-16-34(36)35-19-18-33(26-37(35)47)49-32-15-13-14-31(25-32)48-42(44(8,9)10)40(41(46-48)43(5,6)7)39-29(3)22-28(2)23-30(39)4/h11-26H,1-10H3. The molecule has 248 valence electrons. The zero-order valence-corrected chi connectivity index (χ0v) is 30.4. The number of ether oxygens (including phenoxy) is 1. The summed E-state index contributed by atoms with van der Waals surface area (Å²) in [5.74, 6) is 2.41. The number of pyridine rings is 1. The Bertz CT molecular complexity index is 2350. The second kappa shape index (κ2) is 11.8. The van der Waals surface area contributed by atoms with Crippen molar-refractivity contribution in [3.05, 3.63) is 131 Å². The van der Waals surface area contributed by atoms with Crippen LogP contribution >= 0.6 is 0 Å². The van der Waals surface area contributed by atoms with E-state index in [9.17, 15) is 0 Å². The first-order chi connectivity index (χ1) is 23.2. The van der Waals surface area contributed by atoms with Crippen LogP contribution in [0.15, 0.2) is 97.2 Å². The van der Waals surface area contributed by atoms with Gasteiger partial charge in [-0.1, -0.05) is 83.5 Å². The first-order valence-electron chi connectivity index (χ1n) is 17.2. The molecule has 5 nitrogen and oxygen atoms in total. The van der Waals surface area contributed by atoms with Crippen molar-refractivity contribution in [2.45, 2.75) is 80.1 Å². The molecule has 0 radical (unpaired) electrons. The number of benzene rings is 4. The van der Waals surface area contributed by atoms with Gasteiger partial charge in [0.1, 0.15) is 17.3 Å². The van der Waals surface area contributed by atoms with Gasteiger partial charge in [-0.05, 0) is 92.4 Å². The van der Waals surface area contributed by atoms with E-state index in [-0.39, 0.29) is 10.8 Å². The summed E-state index contributed by atoms with van der Waals surface area (Å²) in [6, 6.07) is 31.9. The number of fused-ring (bicyclic) bond motifs is 3. The van der Waals surface area contributed by atoms with E-state index in [1.165, 1.54) is 44.5 Å². The molecule has 3 heterocycles. The number of aromatic nitrogens is 4. The third-order valence-corrected chi connectivity index (χ3v) is 9.31. The average molecular weight is 647 g/mol. The Morgan fingerprint density at radius 1 is 0.592 bits per heavy atom. The Hall–Kier alpha value is -5.16. The Labute approximate surface area is 290 Å². The van der Waals surface area contributed by atoms with Crippen LogP contribution in [0.25, 0.3) is 44.4 Å². The zero-order chi connectivity index (χ0) is 34.8. The van der Waals surface area contributed by atoms with Crippen LogP contribution in [0.4, 0.5) is 0 Å². The molecule has 0 aliphatic rings. The monoisotopic (exact) mass is 646 g/mol. The summed E-state index contributed by atoms with van der Waals surface area (Å²) in [7, 11) is 0. The van der Waals surface area contributed by atoms with Gasteiger partial charge in [0.15, 0.2) is 0 Å². The smallest absolute Gasteiger partial charge is 0.137 e. The van der Waals surface area contributed by atoms with Crippen molar-refractivity contribution in [2.24, 2.45) is 0 Å². The molecule has 0 fully saturated rings. The lowest BCUT2D eigenvalue weighted by atomic mass is 9.79. The zero-order valence-electron chi connectivity index (χ0n) is 30.4. The van der Waals surface area contributed by atoms with E-state index in [0.717, 1.165) is 45.1 Å². The van der Waals surface area contributed by atoms with Crippen molar-refractivity contribution in [2.75, 3.05) is 0 Å². The van der Waals surface area contributed by atoms with Gasteiger partial charge in [0.2, 0.25) is 0 Å². The van der Waals surface area contributed by atoms with E-state index < -0.39 is 0 Å². The van der Waals surface area contributed by atoms with Crippen LogP contribution < -0.4 is 4.74 Å². The van der Waals surface area contributed by atoms with Crippen LogP contribution in [0.5, 0.6) is 11.5 Å². The van der Waals surface area contributed by atoms with Crippen molar-refractivity contribution < 1.29 is 4.74 Å². The molecule has 7 rings (SSSR count). The van der Waals surface area contributed by atoms with Crippen LogP contribution in [0.1, 0.15) is 75.2 Å². The molecule has 0 saturated carbocycles. The third kappa shape index (κ3) is 5.82. The molecule has 0 aliphatic carbocycles. The van der Waals surface area contributed by atoms with Gasteiger partial charge >= 0.3 is 0 Å². The van der Waals surface area contributed by atoms with Crippen LogP contribution in [0, 0.1) is 27.7 Å². The molecule has 0 atom stereocenters. The molecule has 0 aliphatic heterocycles. The Morgan fingerprint density at radius 2 is 1.29 bits per heavy atom. The highest BCUT2D eigenvalue weighted by atomic mass is 16.5. The van der Waals surface area contributed by atoms with Gasteiger partial charge in [-0.2, -0.15) is 5.10 Å². The maximum Gasteiger partial charge on any atom is 0.137 e. The lowest BCUT2D eigenvalue weighted by Gasteiger charge is -2.26. The summed E-state index contributed by atoms with van der Waals surface area (Å²) >= 11 is 0. The fourth-order valence-electron chi connectivity index (χ4n) is 7.35. The number of hydrogen-bond donors (Lipinski definition) is 0.